The van der Waals surface area contributed by atoms with Crippen molar-refractivity contribution in [3.05, 3.63) is 36.0 Å². The van der Waals surface area contributed by atoms with Crippen molar-refractivity contribution in [3.63, 3.8) is 0 Å². The summed E-state index contributed by atoms with van der Waals surface area (Å²) in [6.45, 7) is 6.14. The summed E-state index contributed by atoms with van der Waals surface area (Å²) in [6, 6.07) is 4.76. The molecule has 2 aromatic rings. The van der Waals surface area contributed by atoms with Crippen molar-refractivity contribution in [1.29, 1.82) is 0 Å². The lowest BCUT2D eigenvalue weighted by atomic mass is 10.1. The zero-order valence-electron chi connectivity index (χ0n) is 17.9. The molecule has 1 aromatic heterocycles. The van der Waals surface area contributed by atoms with E-state index >= 15 is 0 Å². The molecule has 1 saturated carbocycles. The van der Waals surface area contributed by atoms with Gasteiger partial charge in [-0.2, -0.15) is 0 Å². The Balaban J connectivity index is 1.41. The van der Waals surface area contributed by atoms with Crippen molar-refractivity contribution >= 4 is 34.5 Å². The Kier molecular flexibility index (Phi) is 6.21. The number of hydrogen-bond acceptors (Lipinski definition) is 8. The molecule has 2 fully saturated rings. The molecule has 2 heterocycles. The van der Waals surface area contributed by atoms with Gasteiger partial charge in [-0.05, 0) is 25.5 Å². The largest absolute Gasteiger partial charge is 0.497 e. The molecule has 0 spiro atoms. The van der Waals surface area contributed by atoms with Crippen molar-refractivity contribution < 1.29 is 23.8 Å². The topological polar surface area (TPSA) is 112 Å². The van der Waals surface area contributed by atoms with Gasteiger partial charge >= 0.3 is 5.97 Å². The summed E-state index contributed by atoms with van der Waals surface area (Å²) in [5.74, 6) is -0.0146. The van der Waals surface area contributed by atoms with E-state index in [0.29, 0.717) is 36.2 Å². The molecule has 0 bridgehead atoms. The van der Waals surface area contributed by atoms with Gasteiger partial charge in [-0.15, -0.1) is 6.58 Å². The molecule has 1 aliphatic carbocycles. The van der Waals surface area contributed by atoms with Crippen molar-refractivity contribution in [1.82, 2.24) is 20.6 Å². The predicted octanol–water partition coefficient (Wildman–Crippen LogP) is 2.03. The Morgan fingerprint density at radius 2 is 2.19 bits per heavy atom. The van der Waals surface area contributed by atoms with Gasteiger partial charge in [0.2, 0.25) is 5.91 Å². The molecule has 2 N–H and O–H groups in total. The minimum Gasteiger partial charge on any atom is -0.497 e. The molecule has 10 heteroatoms. The fraction of sp³-hybridized carbons (Fsp3) is 0.455. The molecular weight excluding hydrogens is 436 g/mol. The van der Waals surface area contributed by atoms with Crippen LogP contribution in [0.15, 0.2) is 30.9 Å². The number of aromatic nitrogens is 2. The van der Waals surface area contributed by atoms with Crippen LogP contribution in [0.1, 0.15) is 19.8 Å². The maximum absolute atomic E-state index is 12.8. The Bertz CT molecular complexity index is 1060. The van der Waals surface area contributed by atoms with Gasteiger partial charge in [-0.3, -0.25) is 4.79 Å². The Morgan fingerprint density at radius 1 is 1.38 bits per heavy atom. The number of rotatable bonds is 8. The number of esters is 1. The molecule has 32 heavy (non-hydrogen) atoms. The summed E-state index contributed by atoms with van der Waals surface area (Å²) >= 11 is 6.26. The van der Waals surface area contributed by atoms with E-state index in [4.69, 9.17) is 25.8 Å². The highest BCUT2D eigenvalue weighted by atomic mass is 35.5. The van der Waals surface area contributed by atoms with Crippen LogP contribution < -0.4 is 20.1 Å². The van der Waals surface area contributed by atoms with Crippen molar-refractivity contribution in [3.8, 4) is 11.6 Å². The molecule has 9 nitrogen and oxygen atoms in total. The van der Waals surface area contributed by atoms with E-state index in [1.54, 1.807) is 38.3 Å². The number of halogens is 1. The smallest absolute Gasteiger partial charge is 0.332 e. The van der Waals surface area contributed by atoms with E-state index in [9.17, 15) is 9.59 Å². The number of nitrogens with one attached hydrogen (secondary N) is 2. The first-order chi connectivity index (χ1) is 15.4. The van der Waals surface area contributed by atoms with Crippen LogP contribution in [-0.2, 0) is 14.3 Å². The van der Waals surface area contributed by atoms with Crippen molar-refractivity contribution in [2.75, 3.05) is 20.3 Å². The van der Waals surface area contributed by atoms with E-state index in [2.05, 4.69) is 27.2 Å². The van der Waals surface area contributed by atoms with Gasteiger partial charge < -0.3 is 24.8 Å². The third-order valence-corrected chi connectivity index (χ3v) is 6.02. The van der Waals surface area contributed by atoms with Crippen LogP contribution in [0.2, 0.25) is 5.15 Å². The van der Waals surface area contributed by atoms with E-state index in [-0.39, 0.29) is 35.6 Å². The summed E-state index contributed by atoms with van der Waals surface area (Å²) in [7, 11) is 1.57. The molecule has 1 amide bonds. The van der Waals surface area contributed by atoms with E-state index in [1.165, 1.54) is 0 Å². The third kappa shape index (κ3) is 4.22. The maximum atomic E-state index is 12.8. The normalized spacial score (nSPS) is 26.4. The fourth-order valence-electron chi connectivity index (χ4n) is 3.92. The van der Waals surface area contributed by atoms with Crippen LogP contribution in [0.25, 0.3) is 11.0 Å². The molecule has 0 radical (unpaired) electrons. The number of nitrogens with zero attached hydrogens (tertiary/aromatic N) is 2. The highest BCUT2D eigenvalue weighted by molar-refractivity contribution is 6.31. The van der Waals surface area contributed by atoms with Gasteiger partial charge in [0.15, 0.2) is 5.15 Å². The number of amides is 1. The van der Waals surface area contributed by atoms with E-state index in [1.807, 2.05) is 0 Å². The lowest BCUT2D eigenvalue weighted by Gasteiger charge is -2.20. The number of carbonyl (C=O) groups is 2. The Hall–Kier alpha value is -2.91. The fourth-order valence-corrected chi connectivity index (χ4v) is 4.10. The SMILES string of the molecule is C=C[C@@H]1C[C@]1(NC(=O)[C@@H]1C[C@@H](Oc2nc3cc(OC)ccc3nc2Cl)CN1)C(=O)OCC. The van der Waals surface area contributed by atoms with Gasteiger partial charge in [0.25, 0.3) is 5.88 Å². The number of benzene rings is 1. The van der Waals surface area contributed by atoms with Crippen molar-refractivity contribution in [2.24, 2.45) is 5.92 Å². The van der Waals surface area contributed by atoms with Gasteiger partial charge in [0.1, 0.15) is 17.4 Å². The summed E-state index contributed by atoms with van der Waals surface area (Å²) in [5, 5.41) is 6.13. The molecule has 1 aromatic carbocycles. The number of ether oxygens (including phenoxy) is 3. The van der Waals surface area contributed by atoms with Crippen LogP contribution in [0.3, 0.4) is 0 Å². The lowest BCUT2D eigenvalue weighted by molar-refractivity contribution is -0.149. The monoisotopic (exact) mass is 460 g/mol. The second-order valence-electron chi connectivity index (χ2n) is 7.84. The highest BCUT2D eigenvalue weighted by Crippen LogP contribution is 2.45. The predicted molar refractivity (Wildman–Crippen MR) is 118 cm³/mol. The summed E-state index contributed by atoms with van der Waals surface area (Å²) in [4.78, 5) is 34.0. The van der Waals surface area contributed by atoms with Crippen LogP contribution >= 0.6 is 11.6 Å². The third-order valence-electron chi connectivity index (χ3n) is 5.77. The minimum absolute atomic E-state index is 0.136. The molecular formula is C22H25ClN4O5. The standard InChI is InChI=1S/C22H25ClN4O5/c1-4-12-10-22(12,21(29)31-5-2)27-19(28)17-9-14(11-24-17)32-20-18(23)25-15-7-6-13(30-3)8-16(15)26-20/h4,6-8,12,14,17,24H,1,5,9-11H2,2-3H3,(H,27,28)/t12-,14-,17+,22-/m1/s1. The maximum Gasteiger partial charge on any atom is 0.332 e. The highest BCUT2D eigenvalue weighted by Gasteiger charge is 2.61. The summed E-state index contributed by atoms with van der Waals surface area (Å²) in [6.07, 6.45) is 2.20. The Morgan fingerprint density at radius 3 is 2.88 bits per heavy atom. The van der Waals surface area contributed by atoms with Gasteiger partial charge in [-0.25, -0.2) is 14.8 Å². The molecule has 1 saturated heterocycles. The molecule has 0 unspecified atom stereocenters. The number of fused-ring (bicyclic) bond motifs is 1. The first-order valence-electron chi connectivity index (χ1n) is 10.4. The second-order valence-corrected chi connectivity index (χ2v) is 8.20. The molecule has 2 aliphatic rings. The average molecular weight is 461 g/mol. The minimum atomic E-state index is -1.03. The quantitative estimate of drug-likeness (QED) is 0.454. The van der Waals surface area contributed by atoms with Gasteiger partial charge in [0.05, 0.1) is 30.8 Å². The van der Waals surface area contributed by atoms with Crippen molar-refractivity contribution in [2.45, 2.75) is 37.5 Å². The molecule has 4 rings (SSSR count). The van der Waals surface area contributed by atoms with Crippen LogP contribution in [0.4, 0.5) is 0 Å². The molecule has 170 valence electrons. The van der Waals surface area contributed by atoms with E-state index in [0.717, 1.165) is 0 Å². The van der Waals surface area contributed by atoms with E-state index < -0.39 is 17.6 Å². The first kappa shape index (κ1) is 22.3. The number of carbonyl (C=O) groups excluding carboxylic acids is 2. The summed E-state index contributed by atoms with van der Waals surface area (Å²) < 4.78 is 16.3. The zero-order valence-corrected chi connectivity index (χ0v) is 18.6. The zero-order chi connectivity index (χ0) is 22.9. The first-order valence-corrected chi connectivity index (χ1v) is 10.8. The molecule has 4 atom stereocenters. The molecule has 1 aliphatic heterocycles. The van der Waals surface area contributed by atoms with Gasteiger partial charge in [-0.1, -0.05) is 17.7 Å². The number of methoxy groups -OCH3 is 1. The van der Waals surface area contributed by atoms with Crippen LogP contribution in [0.5, 0.6) is 11.6 Å². The van der Waals surface area contributed by atoms with Crippen LogP contribution in [0, 0.1) is 5.92 Å². The van der Waals surface area contributed by atoms with Gasteiger partial charge in [0, 0.05) is 24.9 Å². The number of hydrogen-bond donors (Lipinski definition) is 2. The Labute approximate surface area is 190 Å². The summed E-state index contributed by atoms with van der Waals surface area (Å²) in [5.41, 5.74) is 0.182. The second kappa shape index (κ2) is 8.91. The van der Waals surface area contributed by atoms with Crippen LogP contribution in [-0.4, -0.2) is 59.8 Å². The lowest BCUT2D eigenvalue weighted by Crippen LogP contribution is -2.51. The average Bonchev–Trinajstić information content (AvgIpc) is 3.30.